The van der Waals surface area contributed by atoms with Crippen molar-refractivity contribution >= 4 is 34.5 Å². The Hall–Kier alpha value is -0.740. The van der Waals surface area contributed by atoms with Crippen LogP contribution in [0, 0.1) is 0 Å². The number of halogens is 2. The Morgan fingerprint density at radius 1 is 1.29 bits per heavy atom. The van der Waals surface area contributed by atoms with Gasteiger partial charge in [-0.25, -0.2) is 0 Å². The first-order valence-corrected chi connectivity index (χ1v) is 8.52. The highest BCUT2D eigenvalue weighted by Crippen LogP contribution is 2.36. The van der Waals surface area contributed by atoms with Crippen molar-refractivity contribution < 1.29 is 4.74 Å². The van der Waals surface area contributed by atoms with E-state index in [9.17, 15) is 0 Å². The van der Waals surface area contributed by atoms with Gasteiger partial charge in [0.05, 0.1) is 15.8 Å². The Kier molecular flexibility index (Phi) is 6.37. The number of rotatable bonds is 7. The molecule has 21 heavy (non-hydrogen) atoms. The van der Waals surface area contributed by atoms with Crippen LogP contribution in [0.2, 0.25) is 8.67 Å². The summed E-state index contributed by atoms with van der Waals surface area (Å²) in [6.07, 6.45) is 1.92. The van der Waals surface area contributed by atoms with E-state index in [2.05, 4.69) is 24.4 Å². The highest BCUT2D eigenvalue weighted by atomic mass is 35.5. The van der Waals surface area contributed by atoms with Gasteiger partial charge in [-0.2, -0.15) is 0 Å². The molecule has 1 atom stereocenters. The van der Waals surface area contributed by atoms with Crippen LogP contribution in [0.4, 0.5) is 0 Å². The zero-order valence-corrected chi connectivity index (χ0v) is 14.5. The van der Waals surface area contributed by atoms with Crippen LogP contribution in [0.25, 0.3) is 0 Å². The molecule has 0 saturated heterocycles. The van der Waals surface area contributed by atoms with Crippen LogP contribution in [0.5, 0.6) is 5.75 Å². The van der Waals surface area contributed by atoms with Crippen molar-refractivity contribution in [2.75, 3.05) is 13.7 Å². The van der Waals surface area contributed by atoms with Crippen molar-refractivity contribution in [3.8, 4) is 5.75 Å². The number of ether oxygens (including phenoxy) is 1. The average Bonchev–Trinajstić information content (AvgIpc) is 2.82. The second-order valence-corrected chi connectivity index (χ2v) is 7.13. The van der Waals surface area contributed by atoms with Gasteiger partial charge in [0.2, 0.25) is 0 Å². The summed E-state index contributed by atoms with van der Waals surface area (Å²) in [5.41, 5.74) is 2.28. The molecular formula is C16H19Cl2NOS. The van der Waals surface area contributed by atoms with Gasteiger partial charge in [-0.15, -0.1) is 11.3 Å². The average molecular weight is 344 g/mol. The Labute approximate surface area is 140 Å². The van der Waals surface area contributed by atoms with E-state index in [0.717, 1.165) is 39.4 Å². The molecule has 2 aromatic rings. The van der Waals surface area contributed by atoms with Crippen molar-refractivity contribution in [3.63, 3.8) is 0 Å². The largest absolute Gasteiger partial charge is 0.497 e. The fraction of sp³-hybridized carbons (Fsp3) is 0.375. The molecule has 114 valence electrons. The number of thiophene rings is 1. The number of methoxy groups -OCH3 is 1. The highest BCUT2D eigenvalue weighted by Gasteiger charge is 2.18. The maximum atomic E-state index is 6.31. The molecule has 0 spiro atoms. The lowest BCUT2D eigenvalue weighted by molar-refractivity contribution is 0.413. The SMILES string of the molecule is CCCNC(Cc1cccc(OC)c1)c1cc(Cl)sc1Cl. The van der Waals surface area contributed by atoms with E-state index in [4.69, 9.17) is 27.9 Å². The van der Waals surface area contributed by atoms with Crippen molar-refractivity contribution in [2.24, 2.45) is 0 Å². The fourth-order valence-electron chi connectivity index (χ4n) is 2.24. The zero-order valence-electron chi connectivity index (χ0n) is 12.2. The smallest absolute Gasteiger partial charge is 0.119 e. The summed E-state index contributed by atoms with van der Waals surface area (Å²) in [6, 6.07) is 10.2. The van der Waals surface area contributed by atoms with E-state index < -0.39 is 0 Å². The monoisotopic (exact) mass is 343 g/mol. The number of hydrogen-bond acceptors (Lipinski definition) is 3. The molecule has 1 N–H and O–H groups in total. The predicted molar refractivity (Wildman–Crippen MR) is 92.1 cm³/mol. The number of benzene rings is 1. The third-order valence-electron chi connectivity index (χ3n) is 3.27. The minimum absolute atomic E-state index is 0.160. The van der Waals surface area contributed by atoms with Gasteiger partial charge in [0.25, 0.3) is 0 Å². The molecule has 1 unspecified atom stereocenters. The second kappa shape index (κ2) is 8.04. The molecule has 0 aliphatic heterocycles. The van der Waals surface area contributed by atoms with Crippen LogP contribution in [-0.2, 0) is 6.42 Å². The van der Waals surface area contributed by atoms with Crippen LogP contribution in [-0.4, -0.2) is 13.7 Å². The van der Waals surface area contributed by atoms with E-state index in [1.54, 1.807) is 7.11 Å². The molecule has 0 bridgehead atoms. The molecule has 0 fully saturated rings. The lowest BCUT2D eigenvalue weighted by atomic mass is 10.0. The lowest BCUT2D eigenvalue weighted by Crippen LogP contribution is -2.24. The van der Waals surface area contributed by atoms with E-state index in [1.807, 2.05) is 18.2 Å². The Balaban J connectivity index is 2.21. The Morgan fingerprint density at radius 2 is 2.10 bits per heavy atom. The zero-order chi connectivity index (χ0) is 15.2. The topological polar surface area (TPSA) is 21.3 Å². The Morgan fingerprint density at radius 3 is 2.71 bits per heavy atom. The van der Waals surface area contributed by atoms with Crippen molar-refractivity contribution in [1.29, 1.82) is 0 Å². The molecule has 2 rings (SSSR count). The molecule has 2 nitrogen and oxygen atoms in total. The van der Waals surface area contributed by atoms with Crippen LogP contribution in [0.15, 0.2) is 30.3 Å². The predicted octanol–water partition coefficient (Wildman–Crippen LogP) is 5.35. The van der Waals surface area contributed by atoms with E-state index >= 15 is 0 Å². The third kappa shape index (κ3) is 4.62. The van der Waals surface area contributed by atoms with E-state index in [-0.39, 0.29) is 6.04 Å². The van der Waals surface area contributed by atoms with Crippen LogP contribution < -0.4 is 10.1 Å². The summed E-state index contributed by atoms with van der Waals surface area (Å²) in [5.74, 6) is 0.871. The Bertz CT molecular complexity index is 585. The first-order valence-electron chi connectivity index (χ1n) is 6.95. The summed E-state index contributed by atoms with van der Waals surface area (Å²) in [4.78, 5) is 0. The molecule has 5 heteroatoms. The van der Waals surface area contributed by atoms with Crippen molar-refractivity contribution in [1.82, 2.24) is 5.32 Å². The highest BCUT2D eigenvalue weighted by molar-refractivity contribution is 7.20. The second-order valence-electron chi connectivity index (χ2n) is 4.84. The van der Waals surface area contributed by atoms with Crippen LogP contribution >= 0.6 is 34.5 Å². The molecule has 1 aromatic carbocycles. The molecule has 0 aliphatic carbocycles. The summed E-state index contributed by atoms with van der Waals surface area (Å²) in [5, 5.41) is 3.55. The van der Waals surface area contributed by atoms with Gasteiger partial charge in [0, 0.05) is 11.6 Å². The molecule has 1 aromatic heterocycles. The van der Waals surface area contributed by atoms with Crippen LogP contribution in [0.3, 0.4) is 0 Å². The standard InChI is InChI=1S/C16H19Cl2NOS/c1-3-7-19-14(13-10-15(17)21-16(13)18)9-11-5-4-6-12(8-11)20-2/h4-6,8,10,14,19H,3,7,9H2,1-2H3. The normalized spacial score (nSPS) is 12.4. The number of nitrogens with one attached hydrogen (secondary N) is 1. The fourth-order valence-corrected chi connectivity index (χ4v) is 3.82. The molecule has 0 amide bonds. The minimum Gasteiger partial charge on any atom is -0.497 e. The lowest BCUT2D eigenvalue weighted by Gasteiger charge is -2.18. The number of hydrogen-bond donors (Lipinski definition) is 1. The summed E-state index contributed by atoms with van der Waals surface area (Å²) in [7, 11) is 1.68. The molecule has 1 heterocycles. The maximum Gasteiger partial charge on any atom is 0.119 e. The van der Waals surface area contributed by atoms with Gasteiger partial charge in [-0.1, -0.05) is 42.3 Å². The van der Waals surface area contributed by atoms with Crippen molar-refractivity contribution in [2.45, 2.75) is 25.8 Å². The minimum atomic E-state index is 0.160. The summed E-state index contributed by atoms with van der Waals surface area (Å²) in [6.45, 7) is 3.09. The van der Waals surface area contributed by atoms with Crippen LogP contribution in [0.1, 0.15) is 30.5 Å². The maximum absolute atomic E-state index is 6.31. The van der Waals surface area contributed by atoms with Gasteiger partial charge >= 0.3 is 0 Å². The van der Waals surface area contributed by atoms with Gasteiger partial charge < -0.3 is 10.1 Å². The first kappa shape index (κ1) is 16.6. The molecule has 0 radical (unpaired) electrons. The van der Waals surface area contributed by atoms with Gasteiger partial charge in [0.15, 0.2) is 0 Å². The summed E-state index contributed by atoms with van der Waals surface area (Å²) < 4.78 is 6.77. The van der Waals surface area contributed by atoms with E-state index in [1.165, 1.54) is 16.9 Å². The molecular weight excluding hydrogens is 325 g/mol. The van der Waals surface area contributed by atoms with Gasteiger partial charge in [-0.05, 0) is 43.1 Å². The molecule has 0 saturated carbocycles. The van der Waals surface area contributed by atoms with Crippen molar-refractivity contribution in [3.05, 3.63) is 50.1 Å². The van der Waals surface area contributed by atoms with E-state index in [0.29, 0.717) is 0 Å². The quantitative estimate of drug-likeness (QED) is 0.731. The summed E-state index contributed by atoms with van der Waals surface area (Å²) >= 11 is 13.8. The first-order chi connectivity index (χ1) is 10.1. The van der Waals surface area contributed by atoms with Gasteiger partial charge in [0.1, 0.15) is 5.75 Å². The van der Waals surface area contributed by atoms with Gasteiger partial charge in [-0.3, -0.25) is 0 Å². The third-order valence-corrected chi connectivity index (χ3v) is 4.79. The molecule has 0 aliphatic rings.